The molecule has 3 heteroatoms. The van der Waals surface area contributed by atoms with Gasteiger partial charge in [-0.2, -0.15) is 0 Å². The van der Waals surface area contributed by atoms with Crippen LogP contribution in [0.4, 0.5) is 0 Å². The van der Waals surface area contributed by atoms with Crippen molar-refractivity contribution in [2.75, 3.05) is 26.2 Å². The lowest BCUT2D eigenvalue weighted by molar-refractivity contribution is -0.160. The van der Waals surface area contributed by atoms with Crippen LogP contribution in [-0.2, 0) is 4.74 Å². The third kappa shape index (κ3) is 2.38. The molecule has 0 bridgehead atoms. The molecule has 0 amide bonds. The minimum Gasteiger partial charge on any atom is -0.378 e. The molecule has 100 valence electrons. The first-order valence-electron chi connectivity index (χ1n) is 7.19. The van der Waals surface area contributed by atoms with E-state index in [0.29, 0.717) is 17.6 Å². The smallest absolute Gasteiger partial charge is 0.0655 e. The number of nitrogens with one attached hydrogen (secondary N) is 1. The summed E-state index contributed by atoms with van der Waals surface area (Å²) in [5.74, 6) is 0. The van der Waals surface area contributed by atoms with Gasteiger partial charge >= 0.3 is 0 Å². The van der Waals surface area contributed by atoms with E-state index < -0.39 is 0 Å². The maximum absolute atomic E-state index is 5.84. The largest absolute Gasteiger partial charge is 0.378 e. The average molecular weight is 240 g/mol. The number of hydrogen-bond acceptors (Lipinski definition) is 3. The van der Waals surface area contributed by atoms with Gasteiger partial charge in [0, 0.05) is 43.7 Å². The molecule has 0 aromatic rings. The number of nitrogens with zero attached hydrogens (tertiary/aromatic N) is 1. The molecule has 3 unspecified atom stereocenters. The molecule has 1 N–H and O–H groups in total. The Morgan fingerprint density at radius 1 is 1.35 bits per heavy atom. The van der Waals surface area contributed by atoms with Crippen LogP contribution in [0.2, 0.25) is 0 Å². The van der Waals surface area contributed by atoms with Gasteiger partial charge in [0.15, 0.2) is 0 Å². The Labute approximate surface area is 106 Å². The summed E-state index contributed by atoms with van der Waals surface area (Å²) in [5, 5.41) is 3.51. The Morgan fingerprint density at radius 2 is 2.12 bits per heavy atom. The van der Waals surface area contributed by atoms with Gasteiger partial charge in [-0.1, -0.05) is 20.8 Å². The van der Waals surface area contributed by atoms with Crippen LogP contribution in [0.5, 0.6) is 0 Å². The van der Waals surface area contributed by atoms with E-state index in [9.17, 15) is 0 Å². The minimum atomic E-state index is 0.320. The Hall–Kier alpha value is -0.120. The maximum atomic E-state index is 5.84. The van der Waals surface area contributed by atoms with E-state index in [0.717, 1.165) is 25.7 Å². The van der Waals surface area contributed by atoms with Crippen molar-refractivity contribution < 1.29 is 4.74 Å². The van der Waals surface area contributed by atoms with Crippen molar-refractivity contribution >= 4 is 0 Å². The predicted octanol–water partition coefficient (Wildman–Crippen LogP) is 1.87. The number of hydrogen-bond donors (Lipinski definition) is 1. The topological polar surface area (TPSA) is 24.5 Å². The van der Waals surface area contributed by atoms with Crippen LogP contribution in [0.1, 0.15) is 40.5 Å². The third-order valence-corrected chi connectivity index (χ3v) is 4.76. The van der Waals surface area contributed by atoms with Crippen LogP contribution in [0.25, 0.3) is 0 Å². The van der Waals surface area contributed by atoms with Crippen LogP contribution in [0, 0.1) is 5.41 Å². The molecule has 2 aliphatic rings. The van der Waals surface area contributed by atoms with Gasteiger partial charge < -0.3 is 10.1 Å². The van der Waals surface area contributed by atoms with Crippen LogP contribution in [-0.4, -0.2) is 49.3 Å². The molecule has 0 spiro atoms. The summed E-state index contributed by atoms with van der Waals surface area (Å²) in [6.07, 6.45) is 2.93. The second kappa shape index (κ2) is 5.25. The number of piperazine rings is 1. The van der Waals surface area contributed by atoms with Crippen molar-refractivity contribution in [2.24, 2.45) is 5.41 Å². The molecule has 1 saturated heterocycles. The highest BCUT2D eigenvalue weighted by atomic mass is 16.5. The molecule has 0 radical (unpaired) electrons. The fraction of sp³-hybridized carbons (Fsp3) is 1.00. The molecule has 2 fully saturated rings. The summed E-state index contributed by atoms with van der Waals surface area (Å²) < 4.78 is 5.84. The molecule has 1 heterocycles. The van der Waals surface area contributed by atoms with Gasteiger partial charge in [0.25, 0.3) is 0 Å². The summed E-state index contributed by atoms with van der Waals surface area (Å²) in [7, 11) is 0. The van der Waals surface area contributed by atoms with Crippen molar-refractivity contribution in [3.8, 4) is 0 Å². The lowest BCUT2D eigenvalue weighted by atomic mass is 9.63. The van der Waals surface area contributed by atoms with Crippen molar-refractivity contribution in [3.05, 3.63) is 0 Å². The van der Waals surface area contributed by atoms with Gasteiger partial charge in [0.1, 0.15) is 0 Å². The highest BCUT2D eigenvalue weighted by Gasteiger charge is 2.52. The van der Waals surface area contributed by atoms with Crippen LogP contribution >= 0.6 is 0 Å². The van der Waals surface area contributed by atoms with Gasteiger partial charge in [0.05, 0.1) is 6.10 Å². The summed E-state index contributed by atoms with van der Waals surface area (Å²) in [6, 6.07) is 1.43. The van der Waals surface area contributed by atoms with E-state index in [4.69, 9.17) is 4.74 Å². The first kappa shape index (κ1) is 13.3. The summed E-state index contributed by atoms with van der Waals surface area (Å²) >= 11 is 0. The summed E-state index contributed by atoms with van der Waals surface area (Å²) in [6.45, 7) is 13.5. The van der Waals surface area contributed by atoms with Gasteiger partial charge in [0.2, 0.25) is 0 Å². The Kier molecular flexibility index (Phi) is 4.11. The normalized spacial score (nSPS) is 37.8. The van der Waals surface area contributed by atoms with E-state index in [2.05, 4.69) is 37.9 Å². The lowest BCUT2D eigenvalue weighted by Gasteiger charge is -2.58. The van der Waals surface area contributed by atoms with Crippen molar-refractivity contribution in [2.45, 2.75) is 58.7 Å². The average Bonchev–Trinajstić information content (AvgIpc) is 2.34. The summed E-state index contributed by atoms with van der Waals surface area (Å²) in [4.78, 5) is 2.73. The zero-order chi connectivity index (χ0) is 12.5. The molecule has 1 aliphatic heterocycles. The minimum absolute atomic E-state index is 0.320. The van der Waals surface area contributed by atoms with E-state index in [1.165, 1.54) is 19.4 Å². The quantitative estimate of drug-likeness (QED) is 0.812. The van der Waals surface area contributed by atoms with Crippen molar-refractivity contribution in [1.29, 1.82) is 0 Å². The van der Waals surface area contributed by atoms with Gasteiger partial charge in [-0.3, -0.25) is 4.90 Å². The Bertz CT molecular complexity index is 255. The molecule has 2 rings (SSSR count). The highest BCUT2D eigenvalue weighted by Crippen LogP contribution is 2.46. The van der Waals surface area contributed by atoms with Crippen LogP contribution in [0.3, 0.4) is 0 Å². The number of rotatable bonds is 4. The van der Waals surface area contributed by atoms with Crippen LogP contribution < -0.4 is 5.32 Å². The standard InChI is InChI=1S/C14H28N2O/c1-5-11-10-15-7-8-16(11)12-9-13(17-6-2)14(12,3)4/h11-13,15H,5-10H2,1-4H3. The highest BCUT2D eigenvalue weighted by molar-refractivity contribution is 5.05. The second-order valence-corrected chi connectivity index (χ2v) is 6.02. The molecule has 0 aromatic heterocycles. The summed E-state index contributed by atoms with van der Waals surface area (Å²) in [5.41, 5.74) is 0.320. The van der Waals surface area contributed by atoms with Gasteiger partial charge in [-0.15, -0.1) is 0 Å². The zero-order valence-corrected chi connectivity index (χ0v) is 11.8. The van der Waals surface area contributed by atoms with E-state index >= 15 is 0 Å². The SMILES string of the molecule is CCOC1CC(N2CCNCC2CC)C1(C)C. The van der Waals surface area contributed by atoms with E-state index in [1.807, 2.05) is 0 Å². The van der Waals surface area contributed by atoms with Crippen LogP contribution in [0.15, 0.2) is 0 Å². The molecular formula is C14H28N2O. The third-order valence-electron chi connectivity index (χ3n) is 4.76. The predicted molar refractivity (Wildman–Crippen MR) is 71.3 cm³/mol. The molecule has 17 heavy (non-hydrogen) atoms. The molecule has 0 aromatic carbocycles. The fourth-order valence-electron chi connectivity index (χ4n) is 3.48. The fourth-order valence-corrected chi connectivity index (χ4v) is 3.48. The molecule has 1 saturated carbocycles. The van der Waals surface area contributed by atoms with Gasteiger partial charge in [-0.25, -0.2) is 0 Å². The number of ether oxygens (including phenoxy) is 1. The van der Waals surface area contributed by atoms with Gasteiger partial charge in [-0.05, 0) is 19.8 Å². The van der Waals surface area contributed by atoms with E-state index in [1.54, 1.807) is 0 Å². The molecule has 1 aliphatic carbocycles. The second-order valence-electron chi connectivity index (χ2n) is 6.02. The maximum Gasteiger partial charge on any atom is 0.0655 e. The molecule has 3 nitrogen and oxygen atoms in total. The lowest BCUT2D eigenvalue weighted by Crippen LogP contribution is -2.67. The first-order chi connectivity index (χ1) is 8.11. The van der Waals surface area contributed by atoms with Crippen molar-refractivity contribution in [1.82, 2.24) is 10.2 Å². The first-order valence-corrected chi connectivity index (χ1v) is 7.19. The molecule has 3 atom stereocenters. The Morgan fingerprint density at radius 3 is 2.71 bits per heavy atom. The molecular weight excluding hydrogens is 212 g/mol. The van der Waals surface area contributed by atoms with E-state index in [-0.39, 0.29) is 0 Å². The zero-order valence-electron chi connectivity index (χ0n) is 11.8. The Balaban J connectivity index is 1.98. The monoisotopic (exact) mass is 240 g/mol. The van der Waals surface area contributed by atoms with Crippen molar-refractivity contribution in [3.63, 3.8) is 0 Å².